The molecule has 78 valence electrons. The zero-order valence-corrected chi connectivity index (χ0v) is 9.92. The first kappa shape index (κ1) is 10.3. The second-order valence-corrected chi connectivity index (χ2v) is 6.21. The number of aryl methyl sites for hydroxylation is 1. The molecule has 0 bridgehead atoms. The molecule has 2 heterocycles. The summed E-state index contributed by atoms with van der Waals surface area (Å²) in [6.07, 6.45) is 1.04. The van der Waals surface area contributed by atoms with Crippen LogP contribution >= 0.6 is 11.3 Å². The Balaban J connectivity index is 2.17. The summed E-state index contributed by atoms with van der Waals surface area (Å²) in [5.74, 6) is 1.63. The van der Waals surface area contributed by atoms with Crippen molar-refractivity contribution in [3.8, 4) is 0 Å². The van der Waals surface area contributed by atoms with E-state index in [-0.39, 0.29) is 0 Å². The second kappa shape index (κ2) is 4.55. The normalized spacial score (nSPS) is 28.6. The number of thiophene rings is 1. The molecule has 0 aliphatic carbocycles. The third-order valence-electron chi connectivity index (χ3n) is 2.51. The van der Waals surface area contributed by atoms with Gasteiger partial charge in [0.2, 0.25) is 0 Å². The van der Waals surface area contributed by atoms with Crippen molar-refractivity contribution in [1.29, 1.82) is 0 Å². The van der Waals surface area contributed by atoms with Gasteiger partial charge in [-0.05, 0) is 36.9 Å². The van der Waals surface area contributed by atoms with Gasteiger partial charge in [-0.2, -0.15) is 0 Å². The molecule has 0 saturated carbocycles. The van der Waals surface area contributed by atoms with Crippen molar-refractivity contribution in [2.45, 2.75) is 19.4 Å². The largest absolute Gasteiger partial charge is 0.308 e. The van der Waals surface area contributed by atoms with Gasteiger partial charge in [-0.25, -0.2) is 0 Å². The minimum absolute atomic E-state index is 0.318. The van der Waals surface area contributed by atoms with Gasteiger partial charge in [0.25, 0.3) is 0 Å². The van der Waals surface area contributed by atoms with Crippen molar-refractivity contribution in [3.05, 3.63) is 21.9 Å². The van der Waals surface area contributed by atoms with Gasteiger partial charge in [0.05, 0.1) is 6.04 Å². The zero-order chi connectivity index (χ0) is 9.97. The van der Waals surface area contributed by atoms with Gasteiger partial charge in [-0.1, -0.05) is 0 Å². The molecule has 0 aromatic carbocycles. The van der Waals surface area contributed by atoms with Crippen molar-refractivity contribution < 1.29 is 4.21 Å². The van der Waals surface area contributed by atoms with Crippen LogP contribution in [0, 0.1) is 6.92 Å². The van der Waals surface area contributed by atoms with Crippen molar-refractivity contribution in [1.82, 2.24) is 5.32 Å². The van der Waals surface area contributed by atoms with Gasteiger partial charge >= 0.3 is 0 Å². The Labute approximate surface area is 91.2 Å². The average molecular weight is 229 g/mol. The monoisotopic (exact) mass is 229 g/mol. The summed E-state index contributed by atoms with van der Waals surface area (Å²) >= 11 is 1.77. The van der Waals surface area contributed by atoms with E-state index in [1.807, 2.05) is 0 Å². The van der Waals surface area contributed by atoms with E-state index in [0.717, 1.165) is 24.5 Å². The first-order valence-corrected chi connectivity index (χ1v) is 7.26. The Morgan fingerprint density at radius 3 is 3.21 bits per heavy atom. The topological polar surface area (TPSA) is 29.1 Å². The van der Waals surface area contributed by atoms with E-state index in [4.69, 9.17) is 0 Å². The van der Waals surface area contributed by atoms with Crippen LogP contribution in [0.1, 0.15) is 22.9 Å². The summed E-state index contributed by atoms with van der Waals surface area (Å²) in [6, 6.07) is 2.45. The number of nitrogens with one attached hydrogen (secondary N) is 1. The van der Waals surface area contributed by atoms with Crippen LogP contribution in [0.5, 0.6) is 0 Å². The highest BCUT2D eigenvalue weighted by molar-refractivity contribution is 7.85. The van der Waals surface area contributed by atoms with Crippen LogP contribution < -0.4 is 5.32 Å². The van der Waals surface area contributed by atoms with Crippen molar-refractivity contribution in [2.24, 2.45) is 0 Å². The lowest BCUT2D eigenvalue weighted by atomic mass is 10.2. The van der Waals surface area contributed by atoms with Crippen molar-refractivity contribution in [3.63, 3.8) is 0 Å². The van der Waals surface area contributed by atoms with Gasteiger partial charge in [0.15, 0.2) is 0 Å². The minimum Gasteiger partial charge on any atom is -0.308 e. The Morgan fingerprint density at radius 2 is 2.50 bits per heavy atom. The predicted molar refractivity (Wildman–Crippen MR) is 62.3 cm³/mol. The predicted octanol–water partition coefficient (Wildman–Crippen LogP) is 1.84. The lowest BCUT2D eigenvalue weighted by Gasteiger charge is -2.14. The number of hydrogen-bond donors (Lipinski definition) is 1. The molecule has 14 heavy (non-hydrogen) atoms. The first-order chi connectivity index (χ1) is 6.77. The molecule has 1 aliphatic rings. The van der Waals surface area contributed by atoms with E-state index >= 15 is 0 Å². The third kappa shape index (κ3) is 2.24. The van der Waals surface area contributed by atoms with Gasteiger partial charge < -0.3 is 5.32 Å². The highest BCUT2D eigenvalue weighted by Gasteiger charge is 2.19. The molecule has 1 fully saturated rings. The molecule has 0 amide bonds. The lowest BCUT2D eigenvalue weighted by molar-refractivity contribution is 0.593. The van der Waals surface area contributed by atoms with Crippen LogP contribution in [0.15, 0.2) is 11.4 Å². The molecule has 2 nitrogen and oxygen atoms in total. The molecule has 1 aliphatic heterocycles. The maximum atomic E-state index is 11.6. The maximum Gasteiger partial charge on any atom is 0.0534 e. The molecule has 2 unspecified atom stereocenters. The second-order valence-electron chi connectivity index (χ2n) is 3.64. The van der Waals surface area contributed by atoms with Crippen molar-refractivity contribution in [2.75, 3.05) is 18.1 Å². The average Bonchev–Trinajstić information content (AvgIpc) is 2.45. The SMILES string of the molecule is Cc1ccsc1C1CS(=O)CCCN1. The summed E-state index contributed by atoms with van der Waals surface area (Å²) in [5, 5.41) is 5.58. The van der Waals surface area contributed by atoms with E-state index < -0.39 is 10.8 Å². The van der Waals surface area contributed by atoms with E-state index in [1.165, 1.54) is 10.4 Å². The maximum absolute atomic E-state index is 11.6. The van der Waals surface area contributed by atoms with Gasteiger partial charge in [-0.15, -0.1) is 11.3 Å². The molecule has 2 rings (SSSR count). The van der Waals surface area contributed by atoms with Crippen LogP contribution in [0.2, 0.25) is 0 Å². The van der Waals surface area contributed by atoms with Gasteiger partial charge in [-0.3, -0.25) is 4.21 Å². The van der Waals surface area contributed by atoms with Gasteiger partial charge in [0.1, 0.15) is 0 Å². The van der Waals surface area contributed by atoms with E-state index in [0.29, 0.717) is 6.04 Å². The summed E-state index contributed by atoms with van der Waals surface area (Å²) in [5.41, 5.74) is 1.33. The summed E-state index contributed by atoms with van der Waals surface area (Å²) in [6.45, 7) is 3.12. The molecule has 0 radical (unpaired) electrons. The Kier molecular flexibility index (Phi) is 3.36. The zero-order valence-electron chi connectivity index (χ0n) is 8.29. The quantitative estimate of drug-likeness (QED) is 0.796. The van der Waals surface area contributed by atoms with Crippen LogP contribution in [0.3, 0.4) is 0 Å². The van der Waals surface area contributed by atoms with Gasteiger partial charge in [0, 0.05) is 27.2 Å². The van der Waals surface area contributed by atoms with Crippen molar-refractivity contribution >= 4 is 22.1 Å². The molecular formula is C10H15NOS2. The fourth-order valence-electron chi connectivity index (χ4n) is 1.75. The molecule has 1 aromatic heterocycles. The van der Waals surface area contributed by atoms with E-state index in [2.05, 4.69) is 23.7 Å². The third-order valence-corrected chi connectivity index (χ3v) is 5.09. The molecule has 4 heteroatoms. The highest BCUT2D eigenvalue weighted by atomic mass is 32.2. The smallest absolute Gasteiger partial charge is 0.0534 e. The Morgan fingerprint density at radius 1 is 1.64 bits per heavy atom. The fraction of sp³-hybridized carbons (Fsp3) is 0.600. The van der Waals surface area contributed by atoms with E-state index in [9.17, 15) is 4.21 Å². The summed E-state index contributed by atoms with van der Waals surface area (Å²) < 4.78 is 11.6. The number of hydrogen-bond acceptors (Lipinski definition) is 3. The molecular weight excluding hydrogens is 214 g/mol. The molecule has 1 aromatic rings. The van der Waals surface area contributed by atoms with E-state index in [1.54, 1.807) is 11.3 Å². The highest BCUT2D eigenvalue weighted by Crippen LogP contribution is 2.25. The van der Waals surface area contributed by atoms with Crippen LogP contribution in [-0.2, 0) is 10.8 Å². The Hall–Kier alpha value is -0.190. The fourth-order valence-corrected chi connectivity index (χ4v) is 4.15. The molecule has 2 atom stereocenters. The molecule has 1 N–H and O–H groups in total. The molecule has 1 saturated heterocycles. The first-order valence-electron chi connectivity index (χ1n) is 4.90. The Bertz CT molecular complexity index is 335. The number of rotatable bonds is 1. The molecule has 0 spiro atoms. The minimum atomic E-state index is -0.636. The lowest BCUT2D eigenvalue weighted by Crippen LogP contribution is -2.23. The van der Waals surface area contributed by atoms with Crippen LogP contribution in [0.4, 0.5) is 0 Å². The van der Waals surface area contributed by atoms with Crippen LogP contribution in [-0.4, -0.2) is 22.3 Å². The van der Waals surface area contributed by atoms with Crippen LogP contribution in [0.25, 0.3) is 0 Å². The summed E-state index contributed by atoms with van der Waals surface area (Å²) in [4.78, 5) is 1.36. The summed E-state index contributed by atoms with van der Waals surface area (Å²) in [7, 11) is -0.636. The standard InChI is InChI=1S/C10H15NOS2/c1-8-3-5-13-10(8)9-7-14(12)6-2-4-11-9/h3,5,9,11H,2,4,6-7H2,1H3.